The maximum atomic E-state index is 12.1. The van der Waals surface area contributed by atoms with Gasteiger partial charge in [-0.25, -0.2) is 0 Å². The van der Waals surface area contributed by atoms with Gasteiger partial charge >= 0.3 is 5.97 Å². The average Bonchev–Trinajstić information content (AvgIpc) is 3.08. The molecule has 0 aliphatic carbocycles. The molecule has 2 aromatic carbocycles. The van der Waals surface area contributed by atoms with Crippen molar-refractivity contribution in [2.45, 2.75) is 13.0 Å². The molecule has 3 rings (SSSR count). The van der Waals surface area contributed by atoms with Gasteiger partial charge < -0.3 is 14.4 Å². The molecular formula is C20H18N2O4. The van der Waals surface area contributed by atoms with Gasteiger partial charge in [-0.05, 0) is 42.0 Å². The van der Waals surface area contributed by atoms with Crippen molar-refractivity contribution >= 4 is 17.6 Å². The number of anilines is 1. The molecular weight excluding hydrogens is 332 g/mol. The van der Waals surface area contributed by atoms with Crippen LogP contribution in [0, 0.1) is 17.2 Å². The Kier molecular flexibility index (Phi) is 5.18. The molecule has 1 amide bonds. The molecule has 1 unspecified atom stereocenters. The summed E-state index contributed by atoms with van der Waals surface area (Å²) in [5, 5.41) is 8.92. The molecule has 0 saturated carbocycles. The van der Waals surface area contributed by atoms with Gasteiger partial charge in [0.2, 0.25) is 5.91 Å². The maximum Gasteiger partial charge on any atom is 0.311 e. The van der Waals surface area contributed by atoms with Crippen LogP contribution in [0.15, 0.2) is 48.5 Å². The molecule has 0 radical (unpaired) electrons. The van der Waals surface area contributed by atoms with Gasteiger partial charge in [0.15, 0.2) is 0 Å². The summed E-state index contributed by atoms with van der Waals surface area (Å²) in [5.74, 6) is -0.217. The minimum absolute atomic E-state index is 0.0950. The lowest BCUT2D eigenvalue weighted by atomic mass is 10.1. The number of hydrogen-bond acceptors (Lipinski definition) is 5. The molecule has 1 aliphatic heterocycles. The summed E-state index contributed by atoms with van der Waals surface area (Å²) >= 11 is 0. The molecule has 1 aliphatic rings. The quantitative estimate of drug-likeness (QED) is 0.775. The molecule has 1 saturated heterocycles. The van der Waals surface area contributed by atoms with Crippen LogP contribution >= 0.6 is 0 Å². The minimum atomic E-state index is -0.421. The lowest BCUT2D eigenvalue weighted by Gasteiger charge is -2.17. The molecule has 0 spiro atoms. The van der Waals surface area contributed by atoms with Crippen LogP contribution in [0.2, 0.25) is 0 Å². The minimum Gasteiger partial charge on any atom is -0.489 e. The number of esters is 1. The zero-order valence-corrected chi connectivity index (χ0v) is 14.3. The van der Waals surface area contributed by atoms with Gasteiger partial charge in [0.25, 0.3) is 0 Å². The number of nitriles is 1. The summed E-state index contributed by atoms with van der Waals surface area (Å²) in [5.41, 5.74) is 2.22. The van der Waals surface area contributed by atoms with E-state index in [1.165, 1.54) is 7.11 Å². The van der Waals surface area contributed by atoms with Crippen molar-refractivity contribution in [3.8, 4) is 11.8 Å². The van der Waals surface area contributed by atoms with Crippen molar-refractivity contribution in [2.75, 3.05) is 18.6 Å². The summed E-state index contributed by atoms with van der Waals surface area (Å²) in [4.78, 5) is 25.3. The Balaban J connectivity index is 1.62. The third-order valence-electron chi connectivity index (χ3n) is 4.27. The van der Waals surface area contributed by atoms with E-state index in [2.05, 4.69) is 6.07 Å². The van der Waals surface area contributed by atoms with Crippen LogP contribution in [0.5, 0.6) is 5.75 Å². The van der Waals surface area contributed by atoms with Crippen LogP contribution in [-0.4, -0.2) is 25.5 Å². The Morgan fingerprint density at radius 3 is 2.73 bits per heavy atom. The van der Waals surface area contributed by atoms with Crippen LogP contribution in [0.25, 0.3) is 0 Å². The fourth-order valence-electron chi connectivity index (χ4n) is 2.90. The van der Waals surface area contributed by atoms with Gasteiger partial charge in [-0.1, -0.05) is 12.1 Å². The van der Waals surface area contributed by atoms with Crippen molar-refractivity contribution in [1.82, 2.24) is 0 Å². The highest BCUT2D eigenvalue weighted by atomic mass is 16.5. The first-order valence-electron chi connectivity index (χ1n) is 8.21. The van der Waals surface area contributed by atoms with E-state index in [1.54, 1.807) is 41.3 Å². The van der Waals surface area contributed by atoms with Crippen LogP contribution in [0.3, 0.4) is 0 Å². The van der Waals surface area contributed by atoms with Gasteiger partial charge in [-0.2, -0.15) is 5.26 Å². The van der Waals surface area contributed by atoms with E-state index < -0.39 is 5.92 Å². The number of methoxy groups -OCH3 is 1. The second-order valence-electron chi connectivity index (χ2n) is 6.02. The van der Waals surface area contributed by atoms with Gasteiger partial charge in [0.05, 0.1) is 24.7 Å². The van der Waals surface area contributed by atoms with E-state index in [-0.39, 0.29) is 18.3 Å². The van der Waals surface area contributed by atoms with Crippen molar-refractivity contribution in [3.05, 3.63) is 59.7 Å². The third-order valence-corrected chi connectivity index (χ3v) is 4.27. The van der Waals surface area contributed by atoms with Gasteiger partial charge in [0, 0.05) is 18.7 Å². The highest BCUT2D eigenvalue weighted by Crippen LogP contribution is 2.27. The number of nitrogens with zero attached hydrogens (tertiary/aromatic N) is 2. The first-order chi connectivity index (χ1) is 12.6. The average molecular weight is 350 g/mol. The fourth-order valence-corrected chi connectivity index (χ4v) is 2.90. The molecule has 26 heavy (non-hydrogen) atoms. The Labute approximate surface area is 151 Å². The zero-order chi connectivity index (χ0) is 18.5. The summed E-state index contributed by atoms with van der Waals surface area (Å²) in [6.07, 6.45) is 0.167. The number of amides is 1. The Bertz CT molecular complexity index is 855. The molecule has 132 valence electrons. The van der Waals surface area contributed by atoms with Crippen LogP contribution in [-0.2, 0) is 20.9 Å². The third kappa shape index (κ3) is 3.83. The van der Waals surface area contributed by atoms with Gasteiger partial charge in [-0.15, -0.1) is 0 Å². The summed E-state index contributed by atoms with van der Waals surface area (Å²) < 4.78 is 10.4. The highest BCUT2D eigenvalue weighted by Gasteiger charge is 2.35. The van der Waals surface area contributed by atoms with E-state index in [0.717, 1.165) is 11.3 Å². The van der Waals surface area contributed by atoms with Crippen LogP contribution < -0.4 is 9.64 Å². The first-order valence-corrected chi connectivity index (χ1v) is 8.21. The number of ether oxygens (including phenoxy) is 2. The van der Waals surface area contributed by atoms with Crippen LogP contribution in [0.1, 0.15) is 17.5 Å². The van der Waals surface area contributed by atoms with E-state index in [0.29, 0.717) is 24.5 Å². The number of benzene rings is 2. The monoisotopic (exact) mass is 350 g/mol. The fraction of sp³-hybridized carbons (Fsp3) is 0.250. The smallest absolute Gasteiger partial charge is 0.311 e. The summed E-state index contributed by atoms with van der Waals surface area (Å²) in [6.45, 7) is 0.675. The molecule has 1 heterocycles. The summed E-state index contributed by atoms with van der Waals surface area (Å²) in [7, 11) is 1.33. The second kappa shape index (κ2) is 7.70. The highest BCUT2D eigenvalue weighted by molar-refractivity contribution is 5.99. The largest absolute Gasteiger partial charge is 0.489 e. The Morgan fingerprint density at radius 1 is 1.27 bits per heavy atom. The second-order valence-corrected chi connectivity index (χ2v) is 6.02. The SMILES string of the molecule is COC(=O)C1CC(=O)N(c2ccc(OCc3cccc(C#N)c3)cc2)C1. The van der Waals surface area contributed by atoms with Crippen molar-refractivity contribution in [1.29, 1.82) is 5.26 Å². The Hall–Kier alpha value is -3.33. The number of rotatable bonds is 5. The van der Waals surface area contributed by atoms with E-state index in [4.69, 9.17) is 14.7 Å². The predicted molar refractivity (Wildman–Crippen MR) is 94.4 cm³/mol. The number of carbonyl (C=O) groups excluding carboxylic acids is 2. The molecule has 1 fully saturated rings. The maximum absolute atomic E-state index is 12.1. The zero-order valence-electron chi connectivity index (χ0n) is 14.3. The predicted octanol–water partition coefficient (Wildman–Crippen LogP) is 2.66. The van der Waals surface area contributed by atoms with E-state index in [9.17, 15) is 9.59 Å². The molecule has 1 atom stereocenters. The number of carbonyl (C=O) groups is 2. The molecule has 0 N–H and O–H groups in total. The molecule has 0 bridgehead atoms. The normalized spacial score (nSPS) is 16.2. The van der Waals surface area contributed by atoms with Gasteiger partial charge in [0.1, 0.15) is 12.4 Å². The molecule has 6 heteroatoms. The molecule has 6 nitrogen and oxygen atoms in total. The van der Waals surface area contributed by atoms with Gasteiger partial charge in [-0.3, -0.25) is 9.59 Å². The van der Waals surface area contributed by atoms with Crippen molar-refractivity contribution in [2.24, 2.45) is 5.92 Å². The standard InChI is InChI=1S/C20H18N2O4/c1-25-20(24)16-10-19(23)22(12-16)17-5-7-18(8-6-17)26-13-15-4-2-3-14(9-15)11-21/h2-9,16H,10,12-13H2,1H3. The first kappa shape index (κ1) is 17.5. The lowest BCUT2D eigenvalue weighted by Crippen LogP contribution is -2.26. The topological polar surface area (TPSA) is 79.6 Å². The van der Waals surface area contributed by atoms with Crippen molar-refractivity contribution < 1.29 is 19.1 Å². The van der Waals surface area contributed by atoms with Crippen LogP contribution in [0.4, 0.5) is 5.69 Å². The lowest BCUT2D eigenvalue weighted by molar-refractivity contribution is -0.145. The molecule has 2 aromatic rings. The van der Waals surface area contributed by atoms with Crippen molar-refractivity contribution in [3.63, 3.8) is 0 Å². The Morgan fingerprint density at radius 2 is 2.04 bits per heavy atom. The molecule has 0 aromatic heterocycles. The van der Waals surface area contributed by atoms with E-state index >= 15 is 0 Å². The van der Waals surface area contributed by atoms with E-state index in [1.807, 2.05) is 12.1 Å². The number of hydrogen-bond donors (Lipinski definition) is 0. The summed E-state index contributed by atoms with van der Waals surface area (Å²) in [6, 6.07) is 16.5.